The average molecular weight is 234 g/mol. The van der Waals surface area contributed by atoms with Gasteiger partial charge in [-0.1, -0.05) is 12.1 Å². The van der Waals surface area contributed by atoms with Crippen molar-refractivity contribution in [3.05, 3.63) is 29.8 Å². The van der Waals surface area contributed by atoms with Gasteiger partial charge in [-0.05, 0) is 12.1 Å². The van der Waals surface area contributed by atoms with Crippen molar-refractivity contribution >= 4 is 7.82 Å². The standard InChI is InChI=1S/C8H11O6P/c1-13-7-4-2-6(3-5-7)8(9)14-15(10,11)12/h2-5,8-9H,1H3,(H2,10,11,12)/t8-/m0/s1. The van der Waals surface area contributed by atoms with Gasteiger partial charge in [-0.15, -0.1) is 0 Å². The van der Waals surface area contributed by atoms with E-state index in [1.54, 1.807) is 12.1 Å². The van der Waals surface area contributed by atoms with Gasteiger partial charge in [0.25, 0.3) is 0 Å². The number of rotatable bonds is 4. The molecule has 0 aromatic heterocycles. The number of hydrogen-bond donors (Lipinski definition) is 3. The topological polar surface area (TPSA) is 96.2 Å². The molecule has 0 radical (unpaired) electrons. The molecule has 0 heterocycles. The van der Waals surface area contributed by atoms with Crippen LogP contribution < -0.4 is 4.74 Å². The third kappa shape index (κ3) is 3.99. The van der Waals surface area contributed by atoms with Crippen LogP contribution in [0.15, 0.2) is 24.3 Å². The van der Waals surface area contributed by atoms with Crippen LogP contribution in [0.5, 0.6) is 5.75 Å². The molecule has 7 heteroatoms. The summed E-state index contributed by atoms with van der Waals surface area (Å²) in [7, 11) is -3.20. The van der Waals surface area contributed by atoms with Gasteiger partial charge in [-0.3, -0.25) is 4.52 Å². The van der Waals surface area contributed by atoms with Crippen LogP contribution in [-0.4, -0.2) is 22.0 Å². The molecule has 1 rings (SSSR count). The molecule has 1 atom stereocenters. The molecule has 0 saturated carbocycles. The molecule has 6 nitrogen and oxygen atoms in total. The molecule has 0 saturated heterocycles. The second-order valence-corrected chi connectivity index (χ2v) is 3.91. The summed E-state index contributed by atoms with van der Waals surface area (Å²) in [4.78, 5) is 16.9. The van der Waals surface area contributed by atoms with Crippen LogP contribution in [0, 0.1) is 0 Å². The minimum absolute atomic E-state index is 0.235. The zero-order valence-electron chi connectivity index (χ0n) is 7.90. The highest BCUT2D eigenvalue weighted by atomic mass is 31.2. The highest BCUT2D eigenvalue weighted by molar-refractivity contribution is 7.46. The molecule has 0 bridgehead atoms. The van der Waals surface area contributed by atoms with E-state index in [4.69, 9.17) is 14.5 Å². The summed E-state index contributed by atoms with van der Waals surface area (Å²) in [5.41, 5.74) is 0.235. The smallest absolute Gasteiger partial charge is 0.472 e. The quantitative estimate of drug-likeness (QED) is 0.526. The third-order valence-corrected chi connectivity index (χ3v) is 2.11. The lowest BCUT2D eigenvalue weighted by atomic mass is 10.2. The Morgan fingerprint density at radius 2 is 1.80 bits per heavy atom. The van der Waals surface area contributed by atoms with Crippen molar-refractivity contribution in [1.29, 1.82) is 0 Å². The van der Waals surface area contributed by atoms with E-state index in [-0.39, 0.29) is 5.56 Å². The predicted molar refractivity (Wildman–Crippen MR) is 51.1 cm³/mol. The van der Waals surface area contributed by atoms with E-state index in [2.05, 4.69) is 4.52 Å². The normalized spacial score (nSPS) is 13.6. The first kappa shape index (κ1) is 12.2. The third-order valence-electron chi connectivity index (χ3n) is 1.64. The van der Waals surface area contributed by atoms with Gasteiger partial charge in [0.05, 0.1) is 7.11 Å². The summed E-state index contributed by atoms with van der Waals surface area (Å²) >= 11 is 0. The summed E-state index contributed by atoms with van der Waals surface area (Å²) in [5, 5.41) is 9.26. The molecule has 0 aliphatic rings. The maximum atomic E-state index is 10.4. The van der Waals surface area contributed by atoms with E-state index < -0.39 is 14.1 Å². The van der Waals surface area contributed by atoms with Gasteiger partial charge in [0, 0.05) is 5.56 Å². The molecule has 1 aromatic rings. The Hall–Kier alpha value is -0.910. The summed E-state index contributed by atoms with van der Waals surface area (Å²) in [5.74, 6) is 0.571. The second-order valence-electron chi connectivity index (χ2n) is 2.72. The molecule has 0 amide bonds. The van der Waals surface area contributed by atoms with Crippen LogP contribution in [0.25, 0.3) is 0 Å². The Balaban J connectivity index is 2.74. The number of hydrogen-bond acceptors (Lipinski definition) is 4. The lowest BCUT2D eigenvalue weighted by molar-refractivity contribution is -0.0388. The Morgan fingerprint density at radius 1 is 1.27 bits per heavy atom. The zero-order valence-corrected chi connectivity index (χ0v) is 8.79. The van der Waals surface area contributed by atoms with Crippen molar-refractivity contribution in [1.82, 2.24) is 0 Å². The Bertz CT molecular complexity index is 356. The lowest BCUT2D eigenvalue weighted by Gasteiger charge is -2.12. The monoisotopic (exact) mass is 234 g/mol. The van der Waals surface area contributed by atoms with Crippen LogP contribution in [-0.2, 0) is 9.09 Å². The van der Waals surface area contributed by atoms with Gasteiger partial charge in [0.1, 0.15) is 5.75 Å². The Morgan fingerprint density at radius 3 is 2.20 bits per heavy atom. The van der Waals surface area contributed by atoms with E-state index >= 15 is 0 Å². The molecule has 1 aromatic carbocycles. The SMILES string of the molecule is COc1ccc([C@@H](O)OP(=O)(O)O)cc1. The van der Waals surface area contributed by atoms with E-state index in [1.807, 2.05) is 0 Å². The molecule has 0 spiro atoms. The molecule has 0 unspecified atom stereocenters. The Labute approximate surface area is 86.3 Å². The molecular formula is C8H11O6P. The highest BCUT2D eigenvalue weighted by Gasteiger charge is 2.21. The summed E-state index contributed by atoms with van der Waals surface area (Å²) in [6.45, 7) is 0. The average Bonchev–Trinajstić information content (AvgIpc) is 2.15. The summed E-state index contributed by atoms with van der Waals surface area (Å²) in [6, 6.07) is 5.97. The number of phosphoric ester groups is 1. The minimum Gasteiger partial charge on any atom is -0.497 e. The first-order valence-electron chi connectivity index (χ1n) is 3.98. The number of methoxy groups -OCH3 is 1. The number of phosphoric acid groups is 1. The summed E-state index contributed by atoms with van der Waals surface area (Å²) in [6.07, 6.45) is -1.66. The Kier molecular flexibility index (Phi) is 3.84. The molecule has 0 fully saturated rings. The fourth-order valence-corrected chi connectivity index (χ4v) is 1.34. The molecule has 0 aliphatic heterocycles. The number of benzene rings is 1. The second kappa shape index (κ2) is 4.74. The van der Waals surface area contributed by atoms with Gasteiger partial charge in [0.2, 0.25) is 0 Å². The molecular weight excluding hydrogens is 223 g/mol. The van der Waals surface area contributed by atoms with E-state index in [9.17, 15) is 9.67 Å². The minimum atomic E-state index is -4.69. The van der Waals surface area contributed by atoms with Gasteiger partial charge in [-0.25, -0.2) is 4.57 Å². The van der Waals surface area contributed by atoms with Gasteiger partial charge in [-0.2, -0.15) is 0 Å². The van der Waals surface area contributed by atoms with Gasteiger partial charge >= 0.3 is 7.82 Å². The predicted octanol–water partition coefficient (Wildman–Crippen LogP) is 0.795. The molecule has 15 heavy (non-hydrogen) atoms. The van der Waals surface area contributed by atoms with Gasteiger partial charge in [0.15, 0.2) is 6.29 Å². The molecule has 3 N–H and O–H groups in total. The lowest BCUT2D eigenvalue weighted by Crippen LogP contribution is -2.01. The fourth-order valence-electron chi connectivity index (χ4n) is 0.959. The molecule has 0 aliphatic carbocycles. The van der Waals surface area contributed by atoms with E-state index in [1.165, 1.54) is 19.2 Å². The number of aliphatic hydroxyl groups excluding tert-OH is 1. The number of aliphatic hydroxyl groups is 1. The maximum Gasteiger partial charge on any atom is 0.472 e. The largest absolute Gasteiger partial charge is 0.497 e. The first-order valence-corrected chi connectivity index (χ1v) is 5.51. The summed E-state index contributed by atoms with van der Waals surface area (Å²) < 4.78 is 19.4. The van der Waals surface area contributed by atoms with Crippen LogP contribution in [0.3, 0.4) is 0 Å². The van der Waals surface area contributed by atoms with Crippen molar-refractivity contribution in [2.24, 2.45) is 0 Å². The van der Waals surface area contributed by atoms with Crippen LogP contribution in [0.2, 0.25) is 0 Å². The van der Waals surface area contributed by atoms with E-state index in [0.717, 1.165) is 0 Å². The van der Waals surface area contributed by atoms with E-state index in [0.29, 0.717) is 5.75 Å². The van der Waals surface area contributed by atoms with Crippen LogP contribution >= 0.6 is 7.82 Å². The number of ether oxygens (including phenoxy) is 1. The van der Waals surface area contributed by atoms with Crippen LogP contribution in [0.1, 0.15) is 11.9 Å². The highest BCUT2D eigenvalue weighted by Crippen LogP contribution is 2.41. The zero-order chi connectivity index (χ0) is 11.5. The first-order chi connectivity index (χ1) is 6.92. The van der Waals surface area contributed by atoms with Gasteiger partial charge < -0.3 is 19.6 Å². The van der Waals surface area contributed by atoms with Crippen molar-refractivity contribution in [3.8, 4) is 5.75 Å². The van der Waals surface area contributed by atoms with Crippen molar-refractivity contribution in [3.63, 3.8) is 0 Å². The van der Waals surface area contributed by atoms with Crippen molar-refractivity contribution in [2.75, 3.05) is 7.11 Å². The fraction of sp³-hybridized carbons (Fsp3) is 0.250. The van der Waals surface area contributed by atoms with Crippen LogP contribution in [0.4, 0.5) is 0 Å². The maximum absolute atomic E-state index is 10.4. The van der Waals surface area contributed by atoms with Crippen molar-refractivity contribution < 1.29 is 28.7 Å². The molecule has 84 valence electrons. The van der Waals surface area contributed by atoms with Crippen molar-refractivity contribution in [2.45, 2.75) is 6.29 Å².